The number of rotatable bonds is 1. The summed E-state index contributed by atoms with van der Waals surface area (Å²) in [5, 5.41) is 0. The Morgan fingerprint density at radius 2 is 1.95 bits per heavy atom. The van der Waals surface area contributed by atoms with Crippen LogP contribution in [0.1, 0.15) is 36.3 Å². The van der Waals surface area contributed by atoms with Gasteiger partial charge in [0.15, 0.2) is 0 Å². The summed E-state index contributed by atoms with van der Waals surface area (Å²) in [6.45, 7) is 2.12. The minimum Gasteiger partial charge on any atom is -0.306 e. The zero-order valence-corrected chi connectivity index (χ0v) is 11.7. The maximum atomic E-state index is 12.9. The molecule has 1 heterocycles. The van der Waals surface area contributed by atoms with Gasteiger partial charge in [-0.3, -0.25) is 0 Å². The molecular formula is C16H20F3N. The summed E-state index contributed by atoms with van der Waals surface area (Å²) >= 11 is 0. The summed E-state index contributed by atoms with van der Waals surface area (Å²) in [7, 11) is 2.11. The van der Waals surface area contributed by atoms with E-state index in [4.69, 9.17) is 0 Å². The third kappa shape index (κ3) is 2.58. The lowest BCUT2D eigenvalue weighted by Gasteiger charge is -2.33. The second-order valence-corrected chi connectivity index (χ2v) is 6.31. The summed E-state index contributed by atoms with van der Waals surface area (Å²) in [6.07, 6.45) is -0.854. The third-order valence-corrected chi connectivity index (χ3v) is 4.92. The molecule has 2 unspecified atom stereocenters. The maximum absolute atomic E-state index is 12.9. The Morgan fingerprint density at radius 3 is 2.70 bits per heavy atom. The minimum atomic E-state index is -4.24. The first kappa shape index (κ1) is 13.9. The summed E-state index contributed by atoms with van der Waals surface area (Å²) in [5.74, 6) is 1.48. The Bertz CT molecular complexity index is 483. The highest BCUT2D eigenvalue weighted by atomic mass is 19.4. The molecular weight excluding hydrogens is 263 g/mol. The molecule has 0 N–H and O–H groups in total. The van der Waals surface area contributed by atoms with Crippen LogP contribution in [0.15, 0.2) is 24.3 Å². The molecule has 4 heteroatoms. The molecule has 0 spiro atoms. The smallest absolute Gasteiger partial charge is 0.306 e. The highest BCUT2D eigenvalue weighted by Gasteiger charge is 2.40. The number of likely N-dealkylation sites (tertiary alicyclic amines) is 1. The van der Waals surface area contributed by atoms with Gasteiger partial charge in [0.2, 0.25) is 0 Å². The van der Waals surface area contributed by atoms with Crippen LogP contribution in [0.4, 0.5) is 13.2 Å². The molecule has 1 saturated heterocycles. The largest absolute Gasteiger partial charge is 0.416 e. The third-order valence-electron chi connectivity index (χ3n) is 4.92. The molecule has 1 aromatic rings. The Labute approximate surface area is 117 Å². The van der Waals surface area contributed by atoms with Crippen molar-refractivity contribution in [2.24, 2.45) is 11.8 Å². The molecule has 20 heavy (non-hydrogen) atoms. The minimum absolute atomic E-state index is 0.293. The Morgan fingerprint density at radius 1 is 1.15 bits per heavy atom. The van der Waals surface area contributed by atoms with Gasteiger partial charge in [-0.05, 0) is 49.3 Å². The first-order chi connectivity index (χ1) is 9.45. The molecule has 2 fully saturated rings. The fraction of sp³-hybridized carbons (Fsp3) is 0.625. The Hall–Kier alpha value is -1.03. The molecule has 3 atom stereocenters. The molecule has 1 aliphatic carbocycles. The first-order valence-corrected chi connectivity index (χ1v) is 7.31. The predicted molar refractivity (Wildman–Crippen MR) is 72.5 cm³/mol. The van der Waals surface area contributed by atoms with Crippen LogP contribution in [-0.4, -0.2) is 25.0 Å². The zero-order chi connectivity index (χ0) is 14.3. The molecule has 2 aliphatic rings. The average molecular weight is 283 g/mol. The van der Waals surface area contributed by atoms with Gasteiger partial charge in [-0.1, -0.05) is 24.6 Å². The van der Waals surface area contributed by atoms with Gasteiger partial charge in [-0.25, -0.2) is 0 Å². The van der Waals surface area contributed by atoms with Crippen LogP contribution < -0.4 is 0 Å². The number of benzene rings is 1. The van der Waals surface area contributed by atoms with Crippen molar-refractivity contribution >= 4 is 0 Å². The number of alkyl halides is 3. The van der Waals surface area contributed by atoms with Crippen LogP contribution >= 0.6 is 0 Å². The van der Waals surface area contributed by atoms with E-state index in [9.17, 15) is 13.2 Å². The van der Waals surface area contributed by atoms with Crippen LogP contribution in [0.2, 0.25) is 0 Å². The lowest BCUT2D eigenvalue weighted by molar-refractivity contribution is -0.137. The van der Waals surface area contributed by atoms with Crippen LogP contribution in [0.25, 0.3) is 0 Å². The summed E-state index contributed by atoms with van der Waals surface area (Å²) in [4.78, 5) is 2.32. The molecule has 0 aromatic heterocycles. The lowest BCUT2D eigenvalue weighted by Crippen LogP contribution is -2.26. The SMILES string of the molecule is CN1CC2CCC[C@H](c3cccc(C(F)(F)F)c3)C2C1. The standard InChI is InChI=1S/C16H20F3N/c1-20-9-12-5-3-7-14(15(12)10-20)11-4-2-6-13(8-11)16(17,18)19/h2,4,6,8,12,14-15H,3,5,7,9-10H2,1H3/t12?,14-,15?/m1/s1. The van der Waals surface area contributed by atoms with E-state index in [1.165, 1.54) is 18.6 Å². The van der Waals surface area contributed by atoms with E-state index < -0.39 is 11.7 Å². The van der Waals surface area contributed by atoms with Crippen molar-refractivity contribution in [3.05, 3.63) is 35.4 Å². The number of nitrogens with zero attached hydrogens (tertiary/aromatic N) is 1. The van der Waals surface area contributed by atoms with E-state index >= 15 is 0 Å². The van der Waals surface area contributed by atoms with Crippen LogP contribution in [0.5, 0.6) is 0 Å². The van der Waals surface area contributed by atoms with Crippen LogP contribution in [0, 0.1) is 11.8 Å². The van der Waals surface area contributed by atoms with Gasteiger partial charge in [0.25, 0.3) is 0 Å². The van der Waals surface area contributed by atoms with Gasteiger partial charge in [0, 0.05) is 13.1 Å². The summed E-state index contributed by atoms with van der Waals surface area (Å²) < 4.78 is 38.6. The molecule has 1 saturated carbocycles. The van der Waals surface area contributed by atoms with Crippen molar-refractivity contribution in [1.29, 1.82) is 0 Å². The van der Waals surface area contributed by atoms with E-state index in [2.05, 4.69) is 11.9 Å². The highest BCUT2D eigenvalue weighted by Crippen LogP contribution is 2.45. The van der Waals surface area contributed by atoms with E-state index in [1.54, 1.807) is 6.07 Å². The van der Waals surface area contributed by atoms with E-state index in [1.807, 2.05) is 6.07 Å². The number of hydrogen-bond acceptors (Lipinski definition) is 1. The van der Waals surface area contributed by atoms with E-state index in [-0.39, 0.29) is 0 Å². The molecule has 0 radical (unpaired) electrons. The maximum Gasteiger partial charge on any atom is 0.416 e. The fourth-order valence-electron chi connectivity index (χ4n) is 4.05. The molecule has 110 valence electrons. The van der Waals surface area contributed by atoms with Crippen molar-refractivity contribution in [1.82, 2.24) is 4.90 Å². The predicted octanol–water partition coefficient (Wildman–Crippen LogP) is 4.15. The molecule has 3 rings (SSSR count). The van der Waals surface area contributed by atoms with Gasteiger partial charge in [-0.15, -0.1) is 0 Å². The first-order valence-electron chi connectivity index (χ1n) is 7.31. The summed E-state index contributed by atoms with van der Waals surface area (Å²) in [5.41, 5.74) is 0.369. The molecule has 0 bridgehead atoms. The molecule has 1 nitrogen and oxygen atoms in total. The van der Waals surface area contributed by atoms with E-state index in [0.29, 0.717) is 17.8 Å². The van der Waals surface area contributed by atoms with Gasteiger partial charge in [0.05, 0.1) is 5.56 Å². The van der Waals surface area contributed by atoms with Gasteiger partial charge in [0.1, 0.15) is 0 Å². The second-order valence-electron chi connectivity index (χ2n) is 6.31. The Balaban J connectivity index is 1.88. The number of fused-ring (bicyclic) bond motifs is 1. The quantitative estimate of drug-likeness (QED) is 0.748. The average Bonchev–Trinajstić information content (AvgIpc) is 2.77. The number of halogens is 3. The summed E-state index contributed by atoms with van der Waals surface area (Å²) in [6, 6.07) is 5.97. The van der Waals surface area contributed by atoms with Crippen molar-refractivity contribution < 1.29 is 13.2 Å². The van der Waals surface area contributed by atoms with Gasteiger partial charge < -0.3 is 4.90 Å². The molecule has 1 aromatic carbocycles. The monoisotopic (exact) mass is 283 g/mol. The van der Waals surface area contributed by atoms with Gasteiger partial charge in [-0.2, -0.15) is 13.2 Å². The van der Waals surface area contributed by atoms with Crippen molar-refractivity contribution in [2.75, 3.05) is 20.1 Å². The Kier molecular flexibility index (Phi) is 3.53. The van der Waals surface area contributed by atoms with Crippen LogP contribution in [-0.2, 0) is 6.18 Å². The zero-order valence-electron chi connectivity index (χ0n) is 11.7. The molecule has 1 aliphatic heterocycles. The number of hydrogen-bond donors (Lipinski definition) is 0. The highest BCUT2D eigenvalue weighted by molar-refractivity contribution is 5.29. The van der Waals surface area contributed by atoms with Crippen molar-refractivity contribution in [2.45, 2.75) is 31.4 Å². The van der Waals surface area contributed by atoms with E-state index in [0.717, 1.165) is 31.5 Å². The topological polar surface area (TPSA) is 3.24 Å². The van der Waals surface area contributed by atoms with Crippen LogP contribution in [0.3, 0.4) is 0 Å². The van der Waals surface area contributed by atoms with Crippen molar-refractivity contribution in [3.63, 3.8) is 0 Å². The lowest BCUT2D eigenvalue weighted by atomic mass is 9.71. The second kappa shape index (κ2) is 5.06. The molecule has 0 amide bonds. The van der Waals surface area contributed by atoms with Crippen molar-refractivity contribution in [3.8, 4) is 0 Å². The normalized spacial score (nSPS) is 31.3. The fourth-order valence-corrected chi connectivity index (χ4v) is 4.05. The van der Waals surface area contributed by atoms with Gasteiger partial charge >= 0.3 is 6.18 Å².